The molecule has 2 aliphatic carbocycles. The van der Waals surface area contributed by atoms with Gasteiger partial charge in [-0.15, -0.1) is 0 Å². The van der Waals surface area contributed by atoms with Crippen molar-refractivity contribution in [1.29, 1.82) is 0 Å². The number of esters is 2. The molecule has 10 heteroatoms. The highest BCUT2D eigenvalue weighted by Crippen LogP contribution is 2.62. The van der Waals surface area contributed by atoms with Crippen LogP contribution in [0.5, 0.6) is 0 Å². The summed E-state index contributed by atoms with van der Waals surface area (Å²) >= 11 is 0. The van der Waals surface area contributed by atoms with Gasteiger partial charge in [0.15, 0.2) is 5.78 Å². The predicted octanol–water partition coefficient (Wildman–Crippen LogP) is 1.89. The number of amides is 1. The number of hydrogen-bond acceptors (Lipinski definition) is 9. The number of allylic oxidation sites excluding steroid dienone is 1. The van der Waals surface area contributed by atoms with Crippen molar-refractivity contribution in [2.75, 3.05) is 0 Å². The molecule has 10 nitrogen and oxygen atoms in total. The first-order chi connectivity index (χ1) is 19.6. The lowest BCUT2D eigenvalue weighted by Crippen LogP contribution is -2.70. The topological polar surface area (TPSA) is 152 Å². The van der Waals surface area contributed by atoms with Gasteiger partial charge < -0.3 is 29.7 Å². The highest BCUT2D eigenvalue weighted by atomic mass is 16.6. The number of carbonyl (C=O) groups is 4. The van der Waals surface area contributed by atoms with E-state index in [0.29, 0.717) is 6.42 Å². The van der Waals surface area contributed by atoms with Crippen LogP contribution in [0.15, 0.2) is 42.5 Å². The molecule has 2 saturated heterocycles. The summed E-state index contributed by atoms with van der Waals surface area (Å²) in [6.45, 7) is 8.96. The fourth-order valence-electron chi connectivity index (χ4n) is 8.02. The third-order valence-electron chi connectivity index (χ3n) is 10.1. The van der Waals surface area contributed by atoms with Crippen molar-refractivity contribution in [2.45, 2.75) is 96.0 Å². The molecule has 0 radical (unpaired) electrons. The first-order valence-corrected chi connectivity index (χ1v) is 14.7. The van der Waals surface area contributed by atoms with Crippen molar-refractivity contribution in [2.24, 2.45) is 29.1 Å². The van der Waals surface area contributed by atoms with E-state index in [1.165, 1.54) is 20.8 Å². The van der Waals surface area contributed by atoms with E-state index in [0.717, 1.165) is 5.56 Å². The smallest absolute Gasteiger partial charge is 0.303 e. The zero-order valence-electron chi connectivity index (χ0n) is 24.9. The van der Waals surface area contributed by atoms with Gasteiger partial charge in [-0.3, -0.25) is 19.2 Å². The third kappa shape index (κ3) is 4.68. The highest BCUT2D eigenvalue weighted by molar-refractivity contribution is 5.91. The molecule has 1 amide bonds. The Morgan fingerprint density at radius 2 is 1.64 bits per heavy atom. The molecular formula is C32H41NO9. The average Bonchev–Trinajstić information content (AvgIpc) is 3.66. The Labute approximate surface area is 245 Å². The van der Waals surface area contributed by atoms with Crippen LogP contribution in [0.1, 0.15) is 53.5 Å². The highest BCUT2D eigenvalue weighted by Gasteiger charge is 2.77. The molecule has 5 rings (SSSR count). The molecule has 0 unspecified atom stereocenters. The molecule has 3 fully saturated rings. The number of ketones is 1. The SMILES string of the molecule is CC(=O)O[C@@H]1[C@@H]2O[C@@H]2[C@@](C)(O)C(=O)[C@@H](C)C/C=C\[C@H]2[C@H](OC(C)=O)[C@](C)(O)[C@@H](C)[C@H]3[C@H](Cc4ccccc4)NC(=O)[C@@]312. The van der Waals surface area contributed by atoms with Gasteiger partial charge in [0.05, 0.1) is 0 Å². The Morgan fingerprint density at radius 3 is 2.26 bits per heavy atom. The molecule has 1 saturated carbocycles. The van der Waals surface area contributed by atoms with Crippen LogP contribution in [0.4, 0.5) is 0 Å². The standard InChI is InChI=1S/C32H41NO9/c1-16-11-10-14-21-26(40-18(3)34)30(5,38)17(2)23-22(15-20-12-8-7-9-13-20)33-29(37)32(21,23)28(41-19(4)35)24-27(42-24)31(6,39)25(16)36/h7-10,12-14,16-17,21-24,26-28,38-39H,11,15H2,1-6H3,(H,33,37)/b14-10-/t16-,17-,21-,22-,23-,24+,26-,27-,28+,30+,31-,32-/m0/s1. The summed E-state index contributed by atoms with van der Waals surface area (Å²) in [6.07, 6.45) is -0.382. The summed E-state index contributed by atoms with van der Waals surface area (Å²) in [5.41, 5.74) is -4.10. The molecular weight excluding hydrogens is 542 g/mol. The van der Waals surface area contributed by atoms with Crippen LogP contribution in [-0.2, 0) is 39.8 Å². The van der Waals surface area contributed by atoms with Gasteiger partial charge >= 0.3 is 11.9 Å². The number of nitrogens with one attached hydrogen (secondary N) is 1. The van der Waals surface area contributed by atoms with Crippen molar-refractivity contribution < 1.29 is 43.6 Å². The van der Waals surface area contributed by atoms with E-state index in [2.05, 4.69) is 5.32 Å². The van der Waals surface area contributed by atoms with Gasteiger partial charge in [-0.1, -0.05) is 56.3 Å². The Morgan fingerprint density at radius 1 is 1.02 bits per heavy atom. The van der Waals surface area contributed by atoms with Crippen molar-refractivity contribution in [1.82, 2.24) is 5.32 Å². The number of benzene rings is 1. The molecule has 3 N–H and O–H groups in total. The minimum atomic E-state index is -1.90. The summed E-state index contributed by atoms with van der Waals surface area (Å²) in [7, 11) is 0. The second kappa shape index (κ2) is 10.6. The van der Waals surface area contributed by atoms with Crippen molar-refractivity contribution in [3.63, 3.8) is 0 Å². The van der Waals surface area contributed by atoms with E-state index >= 15 is 0 Å². The quantitative estimate of drug-likeness (QED) is 0.274. The zero-order chi connectivity index (χ0) is 30.8. The molecule has 12 atom stereocenters. The molecule has 228 valence electrons. The Balaban J connectivity index is 1.76. The van der Waals surface area contributed by atoms with Gasteiger partial charge in [0.25, 0.3) is 0 Å². The number of hydrogen-bond donors (Lipinski definition) is 3. The fourth-order valence-corrected chi connectivity index (χ4v) is 8.02. The van der Waals surface area contributed by atoms with Gasteiger partial charge in [-0.05, 0) is 38.2 Å². The number of epoxide rings is 1. The number of rotatable bonds is 4. The maximum atomic E-state index is 14.6. The van der Waals surface area contributed by atoms with Gasteiger partial charge in [0.1, 0.15) is 41.0 Å². The Hall–Kier alpha value is -3.08. The number of Topliss-reactive ketones (excluding diaryl/α,β-unsaturated/α-hetero) is 1. The lowest BCUT2D eigenvalue weighted by atomic mass is 9.48. The average molecular weight is 584 g/mol. The predicted molar refractivity (Wildman–Crippen MR) is 150 cm³/mol. The Kier molecular flexibility index (Phi) is 7.65. The van der Waals surface area contributed by atoms with Crippen LogP contribution in [0.3, 0.4) is 0 Å². The monoisotopic (exact) mass is 583 g/mol. The van der Waals surface area contributed by atoms with E-state index in [1.54, 1.807) is 26.0 Å². The van der Waals surface area contributed by atoms with Crippen LogP contribution in [0.25, 0.3) is 0 Å². The van der Waals surface area contributed by atoms with Gasteiger partial charge in [0, 0.05) is 37.6 Å². The van der Waals surface area contributed by atoms with E-state index in [-0.39, 0.29) is 6.42 Å². The molecule has 2 aliphatic heterocycles. The minimum absolute atomic E-state index is 0.224. The summed E-state index contributed by atoms with van der Waals surface area (Å²) in [5.74, 6) is -5.01. The van der Waals surface area contributed by atoms with Gasteiger partial charge in [-0.2, -0.15) is 0 Å². The summed E-state index contributed by atoms with van der Waals surface area (Å²) < 4.78 is 17.8. The van der Waals surface area contributed by atoms with Crippen molar-refractivity contribution in [3.05, 3.63) is 48.0 Å². The fraction of sp³-hybridized carbons (Fsp3) is 0.625. The number of fused-ring (bicyclic) bond motifs is 1. The Bertz CT molecular complexity index is 1290. The molecule has 1 aromatic carbocycles. The minimum Gasteiger partial charge on any atom is -0.459 e. The van der Waals surface area contributed by atoms with E-state index < -0.39 is 94.4 Å². The third-order valence-corrected chi connectivity index (χ3v) is 10.1. The zero-order valence-corrected chi connectivity index (χ0v) is 24.9. The van der Waals surface area contributed by atoms with Crippen LogP contribution in [-0.4, -0.2) is 75.5 Å². The van der Waals surface area contributed by atoms with Crippen LogP contribution >= 0.6 is 0 Å². The second-order valence-electron chi connectivity index (χ2n) is 12.9. The van der Waals surface area contributed by atoms with E-state index in [9.17, 15) is 29.4 Å². The van der Waals surface area contributed by atoms with Gasteiger partial charge in [-0.25, -0.2) is 0 Å². The van der Waals surface area contributed by atoms with Crippen LogP contribution in [0, 0.1) is 29.1 Å². The van der Waals surface area contributed by atoms with Crippen LogP contribution < -0.4 is 5.32 Å². The number of aliphatic hydroxyl groups is 2. The number of carbonyl (C=O) groups excluding carboxylic acids is 4. The summed E-state index contributed by atoms with van der Waals surface area (Å²) in [6, 6.07) is 9.12. The maximum Gasteiger partial charge on any atom is 0.303 e. The molecule has 4 aliphatic rings. The summed E-state index contributed by atoms with van der Waals surface area (Å²) in [4.78, 5) is 53.1. The molecule has 1 spiro atoms. The van der Waals surface area contributed by atoms with E-state index in [1.807, 2.05) is 37.3 Å². The van der Waals surface area contributed by atoms with E-state index in [4.69, 9.17) is 14.2 Å². The van der Waals surface area contributed by atoms with Crippen molar-refractivity contribution >= 4 is 23.6 Å². The normalized spacial score (nSPS) is 45.3. The molecule has 0 aromatic heterocycles. The second-order valence-corrected chi connectivity index (χ2v) is 12.9. The largest absolute Gasteiger partial charge is 0.459 e. The molecule has 42 heavy (non-hydrogen) atoms. The first-order valence-electron chi connectivity index (χ1n) is 14.7. The van der Waals surface area contributed by atoms with Crippen LogP contribution in [0.2, 0.25) is 0 Å². The molecule has 2 heterocycles. The first kappa shape index (κ1) is 30.4. The maximum absolute atomic E-state index is 14.6. The summed E-state index contributed by atoms with van der Waals surface area (Å²) in [5, 5.41) is 26.6. The van der Waals surface area contributed by atoms with Gasteiger partial charge in [0.2, 0.25) is 5.91 Å². The lowest BCUT2D eigenvalue weighted by molar-refractivity contribution is -0.234. The molecule has 0 bridgehead atoms. The lowest BCUT2D eigenvalue weighted by Gasteiger charge is -2.57. The molecule has 1 aromatic rings. The van der Waals surface area contributed by atoms with Crippen molar-refractivity contribution in [3.8, 4) is 0 Å². The number of ether oxygens (including phenoxy) is 3.